The molecule has 1 fully saturated rings. The van der Waals surface area contributed by atoms with Crippen LogP contribution >= 0.6 is 27.5 Å². The van der Waals surface area contributed by atoms with Gasteiger partial charge in [-0.05, 0) is 37.1 Å². The second kappa shape index (κ2) is 4.81. The van der Waals surface area contributed by atoms with E-state index in [1.54, 1.807) is 0 Å². The molecule has 1 N–H and O–H groups in total. The Balaban J connectivity index is 2.33. The molecule has 1 atom stereocenters. The van der Waals surface area contributed by atoms with Crippen molar-refractivity contribution in [3.05, 3.63) is 33.0 Å². The Morgan fingerprint density at radius 2 is 2.20 bits per heavy atom. The number of hydrogen-bond donors (Lipinski definition) is 1. The summed E-state index contributed by atoms with van der Waals surface area (Å²) in [6, 6.07) is 3.49. The molecule has 0 bridgehead atoms. The van der Waals surface area contributed by atoms with Crippen molar-refractivity contribution in [2.24, 2.45) is 0 Å². The van der Waals surface area contributed by atoms with Crippen LogP contribution in [0.1, 0.15) is 30.9 Å². The number of halogens is 3. The quantitative estimate of drug-likeness (QED) is 0.770. The van der Waals surface area contributed by atoms with E-state index in [2.05, 4.69) is 21.2 Å². The second-order valence-electron chi connectivity index (χ2n) is 3.79. The fourth-order valence-corrected chi connectivity index (χ4v) is 2.64. The van der Waals surface area contributed by atoms with Crippen molar-refractivity contribution in [3.63, 3.8) is 0 Å². The lowest BCUT2D eigenvalue weighted by Gasteiger charge is -2.25. The van der Waals surface area contributed by atoms with Crippen LogP contribution in [0.15, 0.2) is 16.6 Å². The number of nitrogens with one attached hydrogen (secondary N) is 1. The molecule has 0 amide bonds. The fraction of sp³-hybridized carbons (Fsp3) is 0.455. The topological polar surface area (TPSA) is 12.0 Å². The molecule has 0 aliphatic carbocycles. The van der Waals surface area contributed by atoms with Gasteiger partial charge in [0.2, 0.25) is 0 Å². The SMILES string of the molecule is Fc1cc(Br)cc(C2CCCCN2)c1Cl. The summed E-state index contributed by atoms with van der Waals surface area (Å²) in [4.78, 5) is 0. The van der Waals surface area contributed by atoms with Gasteiger partial charge in [0.25, 0.3) is 0 Å². The van der Waals surface area contributed by atoms with Crippen LogP contribution in [0.2, 0.25) is 5.02 Å². The monoisotopic (exact) mass is 291 g/mol. The van der Waals surface area contributed by atoms with Crippen LogP contribution < -0.4 is 5.32 Å². The van der Waals surface area contributed by atoms with E-state index in [-0.39, 0.29) is 16.9 Å². The highest BCUT2D eigenvalue weighted by Crippen LogP contribution is 2.33. The van der Waals surface area contributed by atoms with Crippen molar-refractivity contribution in [2.45, 2.75) is 25.3 Å². The number of piperidine rings is 1. The first kappa shape index (κ1) is 11.4. The molecule has 2 rings (SSSR count). The number of hydrogen-bond acceptors (Lipinski definition) is 1. The molecule has 0 aromatic heterocycles. The van der Waals surface area contributed by atoms with Crippen molar-refractivity contribution in [1.29, 1.82) is 0 Å². The molecule has 1 aromatic carbocycles. The molecule has 1 heterocycles. The smallest absolute Gasteiger partial charge is 0.143 e. The predicted octanol–water partition coefficient (Wildman–Crippen LogP) is 4.06. The summed E-state index contributed by atoms with van der Waals surface area (Å²) >= 11 is 9.25. The zero-order valence-corrected chi connectivity index (χ0v) is 10.5. The van der Waals surface area contributed by atoms with Gasteiger partial charge in [0.15, 0.2) is 0 Å². The Morgan fingerprint density at radius 1 is 1.40 bits per heavy atom. The molecule has 0 spiro atoms. The van der Waals surface area contributed by atoms with E-state index in [4.69, 9.17) is 11.6 Å². The molecule has 0 saturated carbocycles. The van der Waals surface area contributed by atoms with Gasteiger partial charge in [0, 0.05) is 10.5 Å². The lowest BCUT2D eigenvalue weighted by molar-refractivity contribution is 0.411. The summed E-state index contributed by atoms with van der Waals surface area (Å²) in [5.41, 5.74) is 0.864. The van der Waals surface area contributed by atoms with Crippen molar-refractivity contribution < 1.29 is 4.39 Å². The van der Waals surface area contributed by atoms with Gasteiger partial charge < -0.3 is 5.32 Å². The molecule has 1 aromatic rings. The molecule has 1 saturated heterocycles. The highest BCUT2D eigenvalue weighted by molar-refractivity contribution is 9.10. The lowest BCUT2D eigenvalue weighted by Crippen LogP contribution is -2.27. The van der Waals surface area contributed by atoms with Gasteiger partial charge >= 0.3 is 0 Å². The minimum atomic E-state index is -0.353. The Bertz CT molecular complexity index is 364. The van der Waals surface area contributed by atoms with Gasteiger partial charge in [-0.2, -0.15) is 0 Å². The lowest BCUT2D eigenvalue weighted by atomic mass is 9.97. The molecule has 1 aliphatic rings. The maximum absolute atomic E-state index is 13.4. The average Bonchev–Trinajstić information content (AvgIpc) is 2.24. The molecule has 15 heavy (non-hydrogen) atoms. The van der Waals surface area contributed by atoms with Gasteiger partial charge in [-0.15, -0.1) is 0 Å². The van der Waals surface area contributed by atoms with Crippen LogP contribution in [0, 0.1) is 5.82 Å². The normalized spacial score (nSPS) is 21.7. The number of rotatable bonds is 1. The Kier molecular flexibility index (Phi) is 3.65. The van der Waals surface area contributed by atoms with E-state index in [0.29, 0.717) is 0 Å². The Hall–Kier alpha value is -0.120. The van der Waals surface area contributed by atoms with Crippen molar-refractivity contribution in [1.82, 2.24) is 5.32 Å². The summed E-state index contributed by atoms with van der Waals surface area (Å²) < 4.78 is 14.1. The third-order valence-electron chi connectivity index (χ3n) is 2.71. The van der Waals surface area contributed by atoms with Crippen molar-refractivity contribution in [2.75, 3.05) is 6.54 Å². The summed E-state index contributed by atoms with van der Waals surface area (Å²) in [5, 5.41) is 3.61. The zero-order valence-electron chi connectivity index (χ0n) is 8.19. The van der Waals surface area contributed by atoms with Crippen LogP contribution in [0.5, 0.6) is 0 Å². The minimum absolute atomic E-state index is 0.193. The second-order valence-corrected chi connectivity index (χ2v) is 5.09. The van der Waals surface area contributed by atoms with Crippen molar-refractivity contribution in [3.8, 4) is 0 Å². The van der Waals surface area contributed by atoms with E-state index >= 15 is 0 Å². The van der Waals surface area contributed by atoms with Gasteiger partial charge in [0.05, 0.1) is 5.02 Å². The van der Waals surface area contributed by atoms with E-state index in [1.807, 2.05) is 6.07 Å². The number of benzene rings is 1. The highest BCUT2D eigenvalue weighted by Gasteiger charge is 2.19. The zero-order chi connectivity index (χ0) is 10.8. The fourth-order valence-electron chi connectivity index (χ4n) is 1.95. The van der Waals surface area contributed by atoms with Gasteiger partial charge in [-0.3, -0.25) is 0 Å². The first-order valence-electron chi connectivity index (χ1n) is 5.06. The summed E-state index contributed by atoms with van der Waals surface area (Å²) in [6.45, 7) is 0.981. The standard InChI is InChI=1S/C11H12BrClFN/c12-7-5-8(11(13)9(14)6-7)10-3-1-2-4-15-10/h5-6,10,15H,1-4H2. The van der Waals surface area contributed by atoms with Gasteiger partial charge in [-0.1, -0.05) is 34.0 Å². The summed E-state index contributed by atoms with van der Waals surface area (Å²) in [6.07, 6.45) is 3.38. The van der Waals surface area contributed by atoms with Gasteiger partial charge in [0.1, 0.15) is 5.82 Å². The maximum Gasteiger partial charge on any atom is 0.143 e. The van der Waals surface area contributed by atoms with Crippen LogP contribution in [0.4, 0.5) is 4.39 Å². The highest BCUT2D eigenvalue weighted by atomic mass is 79.9. The molecule has 82 valence electrons. The van der Waals surface area contributed by atoms with Gasteiger partial charge in [-0.25, -0.2) is 4.39 Å². The Labute approximate surface area is 102 Å². The van der Waals surface area contributed by atoms with E-state index in [9.17, 15) is 4.39 Å². The van der Waals surface area contributed by atoms with E-state index < -0.39 is 0 Å². The first-order valence-corrected chi connectivity index (χ1v) is 6.23. The summed E-state index contributed by atoms with van der Waals surface area (Å²) in [5.74, 6) is -0.353. The molecule has 1 nitrogen and oxygen atoms in total. The minimum Gasteiger partial charge on any atom is -0.310 e. The molecule has 1 unspecified atom stereocenters. The Morgan fingerprint density at radius 3 is 2.87 bits per heavy atom. The van der Waals surface area contributed by atoms with Crippen LogP contribution in [0.25, 0.3) is 0 Å². The van der Waals surface area contributed by atoms with E-state index in [1.165, 1.54) is 18.9 Å². The molecule has 1 aliphatic heterocycles. The molecule has 0 radical (unpaired) electrons. The van der Waals surface area contributed by atoms with E-state index in [0.717, 1.165) is 23.0 Å². The molecule has 4 heteroatoms. The van der Waals surface area contributed by atoms with Crippen LogP contribution in [-0.2, 0) is 0 Å². The van der Waals surface area contributed by atoms with Crippen LogP contribution in [0.3, 0.4) is 0 Å². The maximum atomic E-state index is 13.4. The molecular formula is C11H12BrClFN. The third kappa shape index (κ3) is 2.52. The largest absolute Gasteiger partial charge is 0.310 e. The molecular weight excluding hydrogens is 280 g/mol. The summed E-state index contributed by atoms with van der Waals surface area (Å²) in [7, 11) is 0. The third-order valence-corrected chi connectivity index (χ3v) is 3.56. The predicted molar refractivity (Wildman–Crippen MR) is 63.7 cm³/mol. The van der Waals surface area contributed by atoms with Crippen molar-refractivity contribution >= 4 is 27.5 Å². The van der Waals surface area contributed by atoms with Crippen LogP contribution in [-0.4, -0.2) is 6.54 Å². The first-order chi connectivity index (χ1) is 7.18. The average molecular weight is 293 g/mol.